The second-order valence-electron chi connectivity index (χ2n) is 7.82. The second-order valence-corrected chi connectivity index (χ2v) is 7.82. The van der Waals surface area contributed by atoms with E-state index in [0.29, 0.717) is 6.42 Å². The fraction of sp³-hybridized carbons (Fsp3) is 0.192. The Morgan fingerprint density at radius 1 is 0.833 bits per heavy atom. The number of methoxy groups -OCH3 is 1. The molecule has 0 aromatic heterocycles. The van der Waals surface area contributed by atoms with Gasteiger partial charge in [0.25, 0.3) is 0 Å². The van der Waals surface area contributed by atoms with Crippen LogP contribution in [0.5, 0.6) is 5.75 Å². The van der Waals surface area contributed by atoms with Gasteiger partial charge in [0.05, 0.1) is 24.5 Å². The number of allylic oxidation sites excluding steroid dienone is 1. The van der Waals surface area contributed by atoms with E-state index in [-0.39, 0.29) is 17.7 Å². The number of anilines is 2. The summed E-state index contributed by atoms with van der Waals surface area (Å²) in [6, 6.07) is 26.1. The van der Waals surface area contributed by atoms with E-state index in [0.717, 1.165) is 40.4 Å². The van der Waals surface area contributed by atoms with Gasteiger partial charge < -0.3 is 15.4 Å². The van der Waals surface area contributed by atoms with Crippen LogP contribution in [0.15, 0.2) is 90.1 Å². The van der Waals surface area contributed by atoms with Crippen molar-refractivity contribution in [2.45, 2.75) is 24.8 Å². The number of benzene rings is 3. The highest BCUT2D eigenvalue weighted by Gasteiger charge is 2.36. The van der Waals surface area contributed by atoms with Crippen LogP contribution in [0.2, 0.25) is 0 Å². The number of carbonyl (C=O) groups excluding carboxylic acids is 1. The summed E-state index contributed by atoms with van der Waals surface area (Å²) in [4.78, 5) is 13.5. The van der Waals surface area contributed by atoms with Crippen molar-refractivity contribution in [3.8, 4) is 5.75 Å². The highest BCUT2D eigenvalue weighted by Crippen LogP contribution is 2.45. The van der Waals surface area contributed by atoms with Gasteiger partial charge in [-0.25, -0.2) is 0 Å². The molecule has 1 heterocycles. The van der Waals surface area contributed by atoms with Crippen LogP contribution >= 0.6 is 0 Å². The molecule has 0 fully saturated rings. The van der Waals surface area contributed by atoms with Gasteiger partial charge in [-0.15, -0.1) is 0 Å². The van der Waals surface area contributed by atoms with Gasteiger partial charge in [0.2, 0.25) is 0 Å². The third-order valence-corrected chi connectivity index (χ3v) is 6.03. The third kappa shape index (κ3) is 3.24. The number of Topliss-reactive ketones (excluding diaryl/α,β-unsaturated/α-hetero) is 1. The molecule has 0 spiro atoms. The Kier molecular flexibility index (Phi) is 4.75. The third-order valence-electron chi connectivity index (χ3n) is 6.03. The summed E-state index contributed by atoms with van der Waals surface area (Å²) in [5.41, 5.74) is 5.95. The molecule has 4 heteroatoms. The molecule has 2 atom stereocenters. The van der Waals surface area contributed by atoms with Gasteiger partial charge in [-0.1, -0.05) is 60.7 Å². The fourth-order valence-corrected chi connectivity index (χ4v) is 4.59. The predicted octanol–water partition coefficient (Wildman–Crippen LogP) is 5.67. The molecule has 0 saturated carbocycles. The zero-order valence-corrected chi connectivity index (χ0v) is 16.9. The van der Waals surface area contributed by atoms with Crippen LogP contribution in [-0.2, 0) is 4.79 Å². The van der Waals surface area contributed by atoms with Crippen molar-refractivity contribution in [2.75, 3.05) is 17.7 Å². The van der Waals surface area contributed by atoms with E-state index in [1.54, 1.807) is 7.11 Å². The molecule has 1 aliphatic heterocycles. The van der Waals surface area contributed by atoms with Crippen LogP contribution < -0.4 is 15.4 Å². The summed E-state index contributed by atoms with van der Waals surface area (Å²) >= 11 is 0. The first-order valence-corrected chi connectivity index (χ1v) is 10.3. The van der Waals surface area contributed by atoms with E-state index in [2.05, 4.69) is 22.8 Å². The maximum atomic E-state index is 13.5. The van der Waals surface area contributed by atoms with E-state index < -0.39 is 0 Å². The number of carbonyl (C=O) groups is 1. The molecule has 0 bridgehead atoms. The fourth-order valence-electron chi connectivity index (χ4n) is 4.59. The van der Waals surface area contributed by atoms with Gasteiger partial charge in [-0.3, -0.25) is 4.79 Å². The summed E-state index contributed by atoms with van der Waals surface area (Å²) in [7, 11) is 1.67. The lowest BCUT2D eigenvalue weighted by atomic mass is 9.78. The number of nitrogens with one attached hydrogen (secondary N) is 2. The number of ketones is 1. The average Bonchev–Trinajstić information content (AvgIpc) is 2.96. The Labute approximate surface area is 176 Å². The predicted molar refractivity (Wildman–Crippen MR) is 120 cm³/mol. The molecule has 30 heavy (non-hydrogen) atoms. The Balaban J connectivity index is 1.64. The number of rotatable bonds is 3. The van der Waals surface area contributed by atoms with Crippen molar-refractivity contribution >= 4 is 17.2 Å². The zero-order valence-electron chi connectivity index (χ0n) is 16.9. The van der Waals surface area contributed by atoms with Crippen LogP contribution in [-0.4, -0.2) is 12.9 Å². The van der Waals surface area contributed by atoms with E-state index >= 15 is 0 Å². The Hall–Kier alpha value is -3.53. The SMILES string of the molecule is COc1ccccc1[C@H]1Nc2ccccc2NC2=C1C(=O)C[C@H](c1ccccc1)C2. The van der Waals surface area contributed by atoms with E-state index in [4.69, 9.17) is 4.74 Å². The lowest BCUT2D eigenvalue weighted by molar-refractivity contribution is -0.116. The first kappa shape index (κ1) is 18.5. The molecule has 5 rings (SSSR count). The van der Waals surface area contributed by atoms with Crippen molar-refractivity contribution in [1.82, 2.24) is 0 Å². The van der Waals surface area contributed by atoms with E-state index in [1.165, 1.54) is 5.56 Å². The first-order chi connectivity index (χ1) is 14.7. The molecule has 0 unspecified atom stereocenters. The molecule has 3 aromatic rings. The van der Waals surface area contributed by atoms with Crippen LogP contribution in [0.25, 0.3) is 0 Å². The van der Waals surface area contributed by atoms with E-state index in [1.807, 2.05) is 66.7 Å². The molecule has 0 radical (unpaired) electrons. The van der Waals surface area contributed by atoms with Crippen molar-refractivity contribution < 1.29 is 9.53 Å². The summed E-state index contributed by atoms with van der Waals surface area (Å²) in [6.45, 7) is 0. The first-order valence-electron chi connectivity index (χ1n) is 10.3. The number of para-hydroxylation sites is 3. The molecular formula is C26H24N2O2. The van der Waals surface area contributed by atoms with Crippen LogP contribution in [0.1, 0.15) is 35.9 Å². The minimum absolute atomic E-state index is 0.175. The van der Waals surface area contributed by atoms with Gasteiger partial charge in [0.1, 0.15) is 5.75 Å². The second kappa shape index (κ2) is 7.71. The Morgan fingerprint density at radius 3 is 2.33 bits per heavy atom. The molecule has 2 N–H and O–H groups in total. The normalized spacial score (nSPS) is 20.4. The van der Waals surface area contributed by atoms with Gasteiger partial charge >= 0.3 is 0 Å². The number of fused-ring (bicyclic) bond motifs is 1. The largest absolute Gasteiger partial charge is 0.496 e. The quantitative estimate of drug-likeness (QED) is 0.598. The van der Waals surface area contributed by atoms with Gasteiger partial charge in [-0.05, 0) is 36.1 Å². The Bertz CT molecular complexity index is 1120. The van der Waals surface area contributed by atoms with Crippen molar-refractivity contribution in [3.05, 3.63) is 101 Å². The minimum Gasteiger partial charge on any atom is -0.496 e. The summed E-state index contributed by atoms with van der Waals surface area (Å²) in [5, 5.41) is 7.20. The van der Waals surface area contributed by atoms with Gasteiger partial charge in [0.15, 0.2) is 5.78 Å². The molecule has 0 saturated heterocycles. The molecule has 150 valence electrons. The molecule has 3 aromatic carbocycles. The topological polar surface area (TPSA) is 50.4 Å². The minimum atomic E-state index is -0.267. The van der Waals surface area contributed by atoms with Crippen LogP contribution in [0.3, 0.4) is 0 Å². The molecule has 2 aliphatic rings. The summed E-state index contributed by atoms with van der Waals surface area (Å²) in [6.07, 6.45) is 1.31. The van der Waals surface area contributed by atoms with Crippen molar-refractivity contribution in [3.63, 3.8) is 0 Å². The van der Waals surface area contributed by atoms with Gasteiger partial charge in [-0.2, -0.15) is 0 Å². The maximum absolute atomic E-state index is 13.5. The highest BCUT2D eigenvalue weighted by molar-refractivity contribution is 6.01. The average molecular weight is 396 g/mol. The lowest BCUT2D eigenvalue weighted by Crippen LogP contribution is -2.27. The molecule has 4 nitrogen and oxygen atoms in total. The number of ether oxygens (including phenoxy) is 1. The van der Waals surface area contributed by atoms with Crippen LogP contribution in [0, 0.1) is 0 Å². The zero-order chi connectivity index (χ0) is 20.5. The lowest BCUT2D eigenvalue weighted by Gasteiger charge is -2.30. The van der Waals surface area contributed by atoms with Crippen LogP contribution in [0.4, 0.5) is 11.4 Å². The smallest absolute Gasteiger partial charge is 0.163 e. The summed E-state index contributed by atoms with van der Waals surface area (Å²) in [5.74, 6) is 1.13. The molecule has 1 aliphatic carbocycles. The standard InChI is InChI=1S/C26H24N2O2/c1-30-24-14-8-5-11-19(24)26-25-22(27-20-12-6-7-13-21(20)28-26)15-18(16-23(25)29)17-9-3-2-4-10-17/h2-14,18,26-28H,15-16H2,1H3/t18-,26-/m1/s1. The van der Waals surface area contributed by atoms with Crippen molar-refractivity contribution in [1.29, 1.82) is 0 Å². The molecule has 0 amide bonds. The number of hydrogen-bond acceptors (Lipinski definition) is 4. The monoisotopic (exact) mass is 396 g/mol. The highest BCUT2D eigenvalue weighted by atomic mass is 16.5. The number of hydrogen-bond donors (Lipinski definition) is 2. The Morgan fingerprint density at radius 2 is 1.53 bits per heavy atom. The summed E-state index contributed by atoms with van der Waals surface area (Å²) < 4.78 is 5.64. The van der Waals surface area contributed by atoms with Crippen molar-refractivity contribution in [2.24, 2.45) is 0 Å². The molecular weight excluding hydrogens is 372 g/mol. The van der Waals surface area contributed by atoms with Gasteiger partial charge in [0, 0.05) is 23.3 Å². The maximum Gasteiger partial charge on any atom is 0.163 e. The van der Waals surface area contributed by atoms with E-state index in [9.17, 15) is 4.79 Å².